The summed E-state index contributed by atoms with van der Waals surface area (Å²) in [5.41, 5.74) is 2.14. The van der Waals surface area contributed by atoms with E-state index < -0.39 is 16.1 Å². The molecule has 3 heteroatoms. The molecule has 0 aromatic carbocycles. The van der Waals surface area contributed by atoms with Gasteiger partial charge in [0.15, 0.2) is 0 Å². The number of hydrogen-bond donors (Lipinski definition) is 0. The van der Waals surface area contributed by atoms with Crippen LogP contribution in [0.1, 0.15) is 55.4 Å². The molecule has 0 N–H and O–H groups in total. The maximum absolute atomic E-state index is 13.3. The van der Waals surface area contributed by atoms with Crippen LogP contribution in [0.3, 0.4) is 0 Å². The lowest BCUT2D eigenvalue weighted by Gasteiger charge is -2.41. The minimum atomic E-state index is -2.27. The van der Waals surface area contributed by atoms with Crippen LogP contribution in [-0.4, -0.2) is 16.1 Å². The van der Waals surface area contributed by atoms with E-state index >= 15 is 0 Å². The Morgan fingerprint density at radius 3 is 1.07 bits per heavy atom. The Hall–Kier alpha value is 0.394. The predicted octanol–water partition coefficient (Wildman–Crippen LogP) is 4.31. The standard InChI is InChI=1S/C12H29OSi2/c1-9(2)14(10(3)4)15(13,11(5)6)12(7)8/h9-12,14H,1-8H3. The zero-order valence-corrected chi connectivity index (χ0v) is 13.9. The van der Waals surface area contributed by atoms with Crippen molar-refractivity contribution < 1.29 is 4.80 Å². The monoisotopic (exact) mass is 245 g/mol. The van der Waals surface area contributed by atoms with Crippen molar-refractivity contribution in [1.82, 2.24) is 0 Å². The minimum absolute atomic E-state index is 0.402. The van der Waals surface area contributed by atoms with Gasteiger partial charge in [0.25, 0.3) is 0 Å². The number of hydrogen-bond acceptors (Lipinski definition) is 0. The SMILES string of the molecule is CC(C)[SiH](C(C)C)[Si]([O])(C(C)C)C(C)C. The Morgan fingerprint density at radius 2 is 1.00 bits per heavy atom. The van der Waals surface area contributed by atoms with Crippen molar-refractivity contribution in [2.75, 3.05) is 0 Å². The van der Waals surface area contributed by atoms with Crippen molar-refractivity contribution in [2.45, 2.75) is 77.6 Å². The van der Waals surface area contributed by atoms with Crippen LogP contribution in [0.25, 0.3) is 0 Å². The highest BCUT2D eigenvalue weighted by Gasteiger charge is 2.51. The summed E-state index contributed by atoms with van der Waals surface area (Å²) in [5.74, 6) is 0. The quantitative estimate of drug-likeness (QED) is 0.643. The lowest BCUT2D eigenvalue weighted by atomic mass is 10.5. The molecule has 91 valence electrons. The first-order chi connectivity index (χ1) is 6.65. The summed E-state index contributed by atoms with van der Waals surface area (Å²) in [6, 6.07) is 0. The summed E-state index contributed by atoms with van der Waals surface area (Å²) in [7, 11) is -3.41. The van der Waals surface area contributed by atoms with E-state index in [0.29, 0.717) is 22.2 Å². The van der Waals surface area contributed by atoms with Gasteiger partial charge in [0.2, 0.25) is 7.83 Å². The molecule has 0 aromatic rings. The molecule has 0 heterocycles. The Morgan fingerprint density at radius 1 is 0.733 bits per heavy atom. The molecular formula is C12H29OSi2. The molecule has 0 rings (SSSR count). The molecule has 0 saturated heterocycles. The first-order valence-electron chi connectivity index (χ1n) is 6.36. The lowest BCUT2D eigenvalue weighted by molar-refractivity contribution is 0.408. The summed E-state index contributed by atoms with van der Waals surface area (Å²) in [5, 5.41) is 0. The van der Waals surface area contributed by atoms with E-state index in [9.17, 15) is 4.80 Å². The van der Waals surface area contributed by atoms with Gasteiger partial charge in [-0.15, -0.1) is 0 Å². The van der Waals surface area contributed by atoms with E-state index in [0.717, 1.165) is 0 Å². The highest BCUT2D eigenvalue weighted by molar-refractivity contribution is 7.31. The minimum Gasteiger partial charge on any atom is -0.301 e. The second kappa shape index (κ2) is 5.64. The van der Waals surface area contributed by atoms with Crippen LogP contribution in [0.15, 0.2) is 0 Å². The third-order valence-corrected chi connectivity index (χ3v) is 22.4. The zero-order chi connectivity index (χ0) is 12.4. The molecule has 0 aliphatic rings. The lowest BCUT2D eigenvalue weighted by Crippen LogP contribution is -2.58. The van der Waals surface area contributed by atoms with Gasteiger partial charge in [-0.3, -0.25) is 0 Å². The van der Waals surface area contributed by atoms with Crippen molar-refractivity contribution in [1.29, 1.82) is 0 Å². The van der Waals surface area contributed by atoms with Crippen LogP contribution in [0.2, 0.25) is 22.2 Å². The third-order valence-electron chi connectivity index (χ3n) is 3.76. The van der Waals surface area contributed by atoms with Gasteiger partial charge in [-0.2, -0.15) is 0 Å². The van der Waals surface area contributed by atoms with E-state index in [1.807, 2.05) is 0 Å². The Balaban J connectivity index is 5.19. The molecule has 0 saturated carbocycles. The molecule has 1 nitrogen and oxygen atoms in total. The molecule has 0 aromatic heterocycles. The Kier molecular flexibility index (Phi) is 5.79. The Bertz CT molecular complexity index is 172. The van der Waals surface area contributed by atoms with Crippen molar-refractivity contribution in [3.63, 3.8) is 0 Å². The van der Waals surface area contributed by atoms with Crippen LogP contribution < -0.4 is 0 Å². The van der Waals surface area contributed by atoms with Gasteiger partial charge in [-0.1, -0.05) is 66.5 Å². The summed E-state index contributed by atoms with van der Waals surface area (Å²) in [6.07, 6.45) is 0. The van der Waals surface area contributed by atoms with Gasteiger partial charge in [0, 0.05) is 0 Å². The van der Waals surface area contributed by atoms with Crippen molar-refractivity contribution in [2.24, 2.45) is 0 Å². The van der Waals surface area contributed by atoms with E-state index in [1.54, 1.807) is 0 Å². The average Bonchev–Trinajstić information content (AvgIpc) is 2.01. The van der Waals surface area contributed by atoms with Gasteiger partial charge in [-0.25, -0.2) is 0 Å². The van der Waals surface area contributed by atoms with Crippen LogP contribution in [0, 0.1) is 0 Å². The second-order valence-corrected chi connectivity index (χ2v) is 18.6. The van der Waals surface area contributed by atoms with E-state index in [-0.39, 0.29) is 0 Å². The highest BCUT2D eigenvalue weighted by atomic mass is 29.2. The second-order valence-electron chi connectivity index (χ2n) is 6.18. The smallest absolute Gasteiger partial charge is 0.226 e. The maximum Gasteiger partial charge on any atom is 0.226 e. The predicted molar refractivity (Wildman–Crippen MR) is 74.0 cm³/mol. The molecule has 15 heavy (non-hydrogen) atoms. The van der Waals surface area contributed by atoms with Crippen LogP contribution in [-0.2, 0) is 4.80 Å². The fourth-order valence-electron chi connectivity index (χ4n) is 3.25. The van der Waals surface area contributed by atoms with E-state index in [4.69, 9.17) is 0 Å². The van der Waals surface area contributed by atoms with Crippen molar-refractivity contribution >= 4 is 16.1 Å². The molecule has 0 atom stereocenters. The van der Waals surface area contributed by atoms with Gasteiger partial charge < -0.3 is 4.80 Å². The molecule has 1 radical (unpaired) electrons. The maximum atomic E-state index is 13.3. The molecule has 0 amide bonds. The average molecular weight is 246 g/mol. The van der Waals surface area contributed by atoms with Crippen LogP contribution in [0.5, 0.6) is 0 Å². The summed E-state index contributed by atoms with van der Waals surface area (Å²) in [4.78, 5) is 13.3. The number of rotatable bonds is 5. The molecular weight excluding hydrogens is 216 g/mol. The topological polar surface area (TPSA) is 19.9 Å². The first-order valence-corrected chi connectivity index (χ1v) is 11.6. The molecule has 0 spiro atoms. The van der Waals surface area contributed by atoms with Gasteiger partial charge in [0.1, 0.15) is 0 Å². The van der Waals surface area contributed by atoms with Crippen molar-refractivity contribution in [3.8, 4) is 0 Å². The van der Waals surface area contributed by atoms with E-state index in [2.05, 4.69) is 55.4 Å². The van der Waals surface area contributed by atoms with Gasteiger partial charge >= 0.3 is 0 Å². The molecule has 0 bridgehead atoms. The summed E-state index contributed by atoms with van der Waals surface area (Å²) >= 11 is 0. The zero-order valence-electron chi connectivity index (χ0n) is 11.8. The first kappa shape index (κ1) is 15.4. The molecule has 0 unspecified atom stereocenters. The fourth-order valence-corrected chi connectivity index (χ4v) is 20.6. The van der Waals surface area contributed by atoms with Gasteiger partial charge in [0.05, 0.1) is 8.31 Å². The summed E-state index contributed by atoms with van der Waals surface area (Å²) < 4.78 is 0. The highest BCUT2D eigenvalue weighted by Crippen LogP contribution is 2.40. The molecule has 0 aliphatic carbocycles. The van der Waals surface area contributed by atoms with Crippen molar-refractivity contribution in [3.05, 3.63) is 0 Å². The van der Waals surface area contributed by atoms with Gasteiger partial charge in [-0.05, 0) is 11.1 Å². The molecule has 0 fully saturated rings. The van der Waals surface area contributed by atoms with E-state index in [1.165, 1.54) is 0 Å². The fraction of sp³-hybridized carbons (Fsp3) is 1.00. The largest absolute Gasteiger partial charge is 0.301 e. The Labute approximate surface area is 98.8 Å². The summed E-state index contributed by atoms with van der Waals surface area (Å²) in [6.45, 7) is 17.8. The van der Waals surface area contributed by atoms with Crippen LogP contribution in [0.4, 0.5) is 0 Å². The normalized spacial score (nSPS) is 14.0. The van der Waals surface area contributed by atoms with Crippen LogP contribution >= 0.6 is 0 Å². The third kappa shape index (κ3) is 3.17. The molecule has 0 aliphatic heterocycles.